The van der Waals surface area contributed by atoms with Gasteiger partial charge in [-0.25, -0.2) is 0 Å². The molecule has 2 heterocycles. The van der Waals surface area contributed by atoms with E-state index in [4.69, 9.17) is 5.73 Å². The Hall–Kier alpha value is -2.26. The first-order valence-corrected chi connectivity index (χ1v) is 6.83. The molecule has 0 saturated carbocycles. The van der Waals surface area contributed by atoms with Gasteiger partial charge in [-0.15, -0.1) is 0 Å². The van der Waals surface area contributed by atoms with Crippen molar-refractivity contribution in [2.45, 2.75) is 19.4 Å². The number of pyridine rings is 2. The molecule has 0 spiro atoms. The summed E-state index contributed by atoms with van der Waals surface area (Å²) in [5.41, 5.74) is 9.61. The van der Waals surface area contributed by atoms with Gasteiger partial charge in [0, 0.05) is 29.5 Å². The van der Waals surface area contributed by atoms with Crippen LogP contribution in [0.25, 0.3) is 10.8 Å². The van der Waals surface area contributed by atoms with Crippen LogP contribution in [0.3, 0.4) is 0 Å². The lowest BCUT2D eigenvalue weighted by Gasteiger charge is -2.16. The SMILES string of the molecule is CCc1cccnc1C(N)c1cncc2ccccc12. The zero-order chi connectivity index (χ0) is 13.9. The lowest BCUT2D eigenvalue weighted by molar-refractivity contribution is 0.808. The first-order chi connectivity index (χ1) is 9.81. The summed E-state index contributed by atoms with van der Waals surface area (Å²) in [7, 11) is 0. The van der Waals surface area contributed by atoms with E-state index in [-0.39, 0.29) is 6.04 Å². The Morgan fingerprint density at radius 1 is 1.10 bits per heavy atom. The highest BCUT2D eigenvalue weighted by molar-refractivity contribution is 5.85. The van der Waals surface area contributed by atoms with Gasteiger partial charge in [-0.3, -0.25) is 9.97 Å². The first-order valence-electron chi connectivity index (χ1n) is 6.83. The Labute approximate surface area is 118 Å². The maximum absolute atomic E-state index is 6.46. The molecule has 0 aliphatic rings. The van der Waals surface area contributed by atoms with E-state index in [9.17, 15) is 0 Å². The topological polar surface area (TPSA) is 51.8 Å². The van der Waals surface area contributed by atoms with Crippen molar-refractivity contribution in [2.75, 3.05) is 0 Å². The fourth-order valence-corrected chi connectivity index (χ4v) is 2.56. The predicted octanol–water partition coefficient (Wildman–Crippen LogP) is 3.24. The Morgan fingerprint density at radius 3 is 2.80 bits per heavy atom. The average molecular weight is 263 g/mol. The Bertz CT molecular complexity index is 732. The number of rotatable bonds is 3. The third kappa shape index (κ3) is 2.17. The van der Waals surface area contributed by atoms with E-state index in [1.54, 1.807) is 6.20 Å². The molecule has 3 aromatic rings. The van der Waals surface area contributed by atoms with Crippen LogP contribution in [0.1, 0.15) is 29.8 Å². The number of hydrogen-bond acceptors (Lipinski definition) is 3. The van der Waals surface area contributed by atoms with Crippen molar-refractivity contribution in [3.8, 4) is 0 Å². The van der Waals surface area contributed by atoms with Crippen LogP contribution < -0.4 is 5.73 Å². The summed E-state index contributed by atoms with van der Waals surface area (Å²) in [5.74, 6) is 0. The molecule has 0 saturated heterocycles. The number of benzene rings is 1. The zero-order valence-corrected chi connectivity index (χ0v) is 11.5. The average Bonchev–Trinajstić information content (AvgIpc) is 2.53. The molecule has 2 aromatic heterocycles. The molecule has 0 aliphatic heterocycles. The second-order valence-electron chi connectivity index (χ2n) is 4.83. The third-order valence-electron chi connectivity index (χ3n) is 3.64. The van der Waals surface area contributed by atoms with Gasteiger partial charge in [-0.1, -0.05) is 37.3 Å². The van der Waals surface area contributed by atoms with Gasteiger partial charge in [0.25, 0.3) is 0 Å². The predicted molar refractivity (Wildman–Crippen MR) is 81.4 cm³/mol. The lowest BCUT2D eigenvalue weighted by atomic mass is 9.96. The summed E-state index contributed by atoms with van der Waals surface area (Å²) >= 11 is 0. The number of hydrogen-bond donors (Lipinski definition) is 1. The molecule has 20 heavy (non-hydrogen) atoms. The normalized spacial score (nSPS) is 12.5. The van der Waals surface area contributed by atoms with Crippen molar-refractivity contribution in [2.24, 2.45) is 5.73 Å². The summed E-state index contributed by atoms with van der Waals surface area (Å²) in [6.07, 6.45) is 6.44. The highest BCUT2D eigenvalue weighted by atomic mass is 14.8. The van der Waals surface area contributed by atoms with Crippen molar-refractivity contribution in [3.63, 3.8) is 0 Å². The Balaban J connectivity index is 2.15. The van der Waals surface area contributed by atoms with E-state index >= 15 is 0 Å². The highest BCUT2D eigenvalue weighted by Gasteiger charge is 2.16. The second kappa shape index (κ2) is 5.39. The van der Waals surface area contributed by atoms with Gasteiger partial charge >= 0.3 is 0 Å². The van der Waals surface area contributed by atoms with Gasteiger partial charge in [0.05, 0.1) is 11.7 Å². The van der Waals surface area contributed by atoms with E-state index in [1.165, 1.54) is 5.56 Å². The van der Waals surface area contributed by atoms with Gasteiger partial charge < -0.3 is 5.73 Å². The summed E-state index contributed by atoms with van der Waals surface area (Å²) < 4.78 is 0. The smallest absolute Gasteiger partial charge is 0.0750 e. The molecule has 100 valence electrons. The summed E-state index contributed by atoms with van der Waals surface area (Å²) in [4.78, 5) is 8.79. The van der Waals surface area contributed by atoms with Crippen LogP contribution in [0.15, 0.2) is 55.0 Å². The van der Waals surface area contributed by atoms with Crippen LogP contribution in [0, 0.1) is 0 Å². The fourth-order valence-electron chi connectivity index (χ4n) is 2.56. The molecule has 0 amide bonds. The summed E-state index contributed by atoms with van der Waals surface area (Å²) in [5, 5.41) is 2.25. The largest absolute Gasteiger partial charge is 0.319 e. The first kappa shape index (κ1) is 12.8. The Kier molecular flexibility index (Phi) is 3.44. The monoisotopic (exact) mass is 263 g/mol. The van der Waals surface area contributed by atoms with Crippen LogP contribution >= 0.6 is 0 Å². The van der Waals surface area contributed by atoms with Crippen molar-refractivity contribution in [3.05, 3.63) is 71.8 Å². The third-order valence-corrected chi connectivity index (χ3v) is 3.64. The van der Waals surface area contributed by atoms with Crippen LogP contribution in [0.2, 0.25) is 0 Å². The minimum absolute atomic E-state index is 0.246. The quantitative estimate of drug-likeness (QED) is 0.789. The molecule has 3 rings (SSSR count). The van der Waals surface area contributed by atoms with E-state index < -0.39 is 0 Å². The molecule has 0 aliphatic carbocycles. The summed E-state index contributed by atoms with van der Waals surface area (Å²) in [6.45, 7) is 2.12. The van der Waals surface area contributed by atoms with Crippen molar-refractivity contribution < 1.29 is 0 Å². The minimum Gasteiger partial charge on any atom is -0.319 e. The number of aromatic nitrogens is 2. The maximum Gasteiger partial charge on any atom is 0.0750 e. The molecular weight excluding hydrogens is 246 g/mol. The zero-order valence-electron chi connectivity index (χ0n) is 11.5. The Morgan fingerprint density at radius 2 is 1.95 bits per heavy atom. The van der Waals surface area contributed by atoms with Gasteiger partial charge in [-0.05, 0) is 23.4 Å². The molecule has 0 radical (unpaired) electrons. The molecule has 3 nitrogen and oxygen atoms in total. The number of nitrogens with zero attached hydrogens (tertiary/aromatic N) is 2. The maximum atomic E-state index is 6.46. The van der Waals surface area contributed by atoms with Crippen molar-refractivity contribution in [1.82, 2.24) is 9.97 Å². The number of aryl methyl sites for hydroxylation is 1. The van der Waals surface area contributed by atoms with Gasteiger partial charge in [-0.2, -0.15) is 0 Å². The molecule has 1 unspecified atom stereocenters. The van der Waals surface area contributed by atoms with Crippen LogP contribution in [-0.4, -0.2) is 9.97 Å². The highest BCUT2D eigenvalue weighted by Crippen LogP contribution is 2.27. The van der Waals surface area contributed by atoms with Gasteiger partial charge in [0.15, 0.2) is 0 Å². The van der Waals surface area contributed by atoms with Crippen molar-refractivity contribution >= 4 is 10.8 Å². The van der Waals surface area contributed by atoms with Crippen LogP contribution in [0.5, 0.6) is 0 Å². The van der Waals surface area contributed by atoms with Crippen molar-refractivity contribution in [1.29, 1.82) is 0 Å². The van der Waals surface area contributed by atoms with Gasteiger partial charge in [0.2, 0.25) is 0 Å². The molecule has 0 fully saturated rings. The molecule has 3 heteroatoms. The number of fused-ring (bicyclic) bond motifs is 1. The fraction of sp³-hybridized carbons (Fsp3) is 0.176. The van der Waals surface area contributed by atoms with E-state index in [2.05, 4.69) is 35.1 Å². The molecule has 0 bridgehead atoms. The lowest BCUT2D eigenvalue weighted by Crippen LogP contribution is -2.16. The molecular formula is C17H17N3. The number of nitrogens with two attached hydrogens (primary N) is 1. The van der Waals surface area contributed by atoms with E-state index in [1.807, 2.05) is 30.6 Å². The van der Waals surface area contributed by atoms with Gasteiger partial charge in [0.1, 0.15) is 0 Å². The second-order valence-corrected chi connectivity index (χ2v) is 4.83. The van der Waals surface area contributed by atoms with Crippen LogP contribution in [0.4, 0.5) is 0 Å². The van der Waals surface area contributed by atoms with Crippen LogP contribution in [-0.2, 0) is 6.42 Å². The summed E-state index contributed by atoms with van der Waals surface area (Å²) in [6, 6.07) is 12.0. The molecule has 1 aromatic carbocycles. The molecule has 2 N–H and O–H groups in total. The molecule has 1 atom stereocenters. The minimum atomic E-state index is -0.246. The standard InChI is InChI=1S/C17H17N3/c1-2-12-7-5-9-20-17(12)16(18)15-11-19-10-13-6-3-4-8-14(13)15/h3-11,16H,2,18H2,1H3. The van der Waals surface area contributed by atoms with E-state index in [0.717, 1.165) is 28.5 Å². The van der Waals surface area contributed by atoms with E-state index in [0.29, 0.717) is 0 Å².